The summed E-state index contributed by atoms with van der Waals surface area (Å²) in [6.07, 6.45) is 3.40. The molecule has 1 aromatic carbocycles. The number of aromatic nitrogens is 1. The lowest BCUT2D eigenvalue weighted by Gasteiger charge is -2.40. The Bertz CT molecular complexity index is 1040. The average molecular weight is 442 g/mol. The number of ether oxygens (including phenoxy) is 2. The van der Waals surface area contributed by atoms with Crippen LogP contribution in [0.2, 0.25) is 0 Å². The number of rotatable bonds is 6. The molecule has 2 N–H and O–H groups in total. The van der Waals surface area contributed by atoms with E-state index in [9.17, 15) is 9.59 Å². The normalized spacial score (nSPS) is 25.5. The predicted octanol–water partition coefficient (Wildman–Crippen LogP) is 4.58. The van der Waals surface area contributed by atoms with E-state index in [4.69, 9.17) is 9.47 Å². The number of hydrogen-bond donors (Lipinski definition) is 2. The van der Waals surface area contributed by atoms with Crippen molar-refractivity contribution in [1.82, 2.24) is 9.88 Å². The molecular formula is C25H35N3O4. The molecule has 1 aromatic heterocycles. The lowest BCUT2D eigenvalue weighted by atomic mass is 9.65. The van der Waals surface area contributed by atoms with E-state index in [0.29, 0.717) is 17.5 Å². The molecule has 0 spiro atoms. The van der Waals surface area contributed by atoms with Crippen molar-refractivity contribution in [3.63, 3.8) is 0 Å². The molecule has 7 heteroatoms. The van der Waals surface area contributed by atoms with Crippen LogP contribution >= 0.6 is 0 Å². The molecule has 1 saturated heterocycles. The summed E-state index contributed by atoms with van der Waals surface area (Å²) >= 11 is 0. The zero-order valence-electron chi connectivity index (χ0n) is 20.0. The molecule has 174 valence electrons. The standard InChI is InChI=1S/C25H35N3O4/c1-7-32-23(30)21-20(18-10-17(31-6)8-9-19(18)26-21)27-22(29)15(2)28-14-25(5)12-16(28)11-24(3,4)13-25/h8-10,15-16,26H,7,11-14H2,1-6H3,(H,27,29)/t15-,16-,25+/m0/s1. The van der Waals surface area contributed by atoms with E-state index >= 15 is 0 Å². The molecule has 1 aliphatic heterocycles. The molecule has 3 atom stereocenters. The van der Waals surface area contributed by atoms with Crippen LogP contribution in [0, 0.1) is 10.8 Å². The maximum absolute atomic E-state index is 13.4. The minimum absolute atomic E-state index is 0.117. The molecule has 7 nitrogen and oxygen atoms in total. The number of nitrogens with zero attached hydrogens (tertiary/aromatic N) is 1. The van der Waals surface area contributed by atoms with E-state index < -0.39 is 5.97 Å². The van der Waals surface area contributed by atoms with Gasteiger partial charge in [-0.3, -0.25) is 9.69 Å². The molecule has 2 heterocycles. The van der Waals surface area contributed by atoms with Crippen molar-refractivity contribution in [1.29, 1.82) is 0 Å². The van der Waals surface area contributed by atoms with E-state index in [2.05, 4.69) is 36.0 Å². The summed E-state index contributed by atoms with van der Waals surface area (Å²) in [5.74, 6) is 0.0455. The number of carbonyl (C=O) groups is 2. The maximum atomic E-state index is 13.4. The summed E-state index contributed by atoms with van der Waals surface area (Å²) in [5, 5.41) is 3.77. The highest BCUT2D eigenvalue weighted by Crippen LogP contribution is 2.53. The van der Waals surface area contributed by atoms with Crippen LogP contribution in [0.1, 0.15) is 64.4 Å². The third-order valence-corrected chi connectivity index (χ3v) is 7.07. The number of amides is 1. The van der Waals surface area contributed by atoms with Gasteiger partial charge in [-0.15, -0.1) is 0 Å². The summed E-state index contributed by atoms with van der Waals surface area (Å²) < 4.78 is 10.6. The summed E-state index contributed by atoms with van der Waals surface area (Å²) in [6.45, 7) is 11.9. The highest BCUT2D eigenvalue weighted by molar-refractivity contribution is 6.12. The lowest BCUT2D eigenvalue weighted by molar-refractivity contribution is -0.121. The van der Waals surface area contributed by atoms with Gasteiger partial charge in [-0.05, 0) is 62.1 Å². The van der Waals surface area contributed by atoms with Gasteiger partial charge in [-0.2, -0.15) is 0 Å². The van der Waals surface area contributed by atoms with Gasteiger partial charge in [0.05, 0.1) is 25.4 Å². The number of carbonyl (C=O) groups excluding carboxylic acids is 2. The Morgan fingerprint density at radius 1 is 1.28 bits per heavy atom. The first-order chi connectivity index (χ1) is 15.1. The van der Waals surface area contributed by atoms with Gasteiger partial charge in [-0.25, -0.2) is 4.79 Å². The summed E-state index contributed by atoms with van der Waals surface area (Å²) in [6, 6.07) is 5.57. The first-order valence-electron chi connectivity index (χ1n) is 11.5. The Kier molecular flexibility index (Phi) is 5.74. The van der Waals surface area contributed by atoms with Crippen LogP contribution in [0.5, 0.6) is 5.75 Å². The number of nitrogens with one attached hydrogen (secondary N) is 2. The first-order valence-corrected chi connectivity index (χ1v) is 11.5. The number of methoxy groups -OCH3 is 1. The first kappa shape index (κ1) is 22.6. The number of aromatic amines is 1. The van der Waals surface area contributed by atoms with Crippen molar-refractivity contribution in [3.05, 3.63) is 23.9 Å². The van der Waals surface area contributed by atoms with E-state index in [1.165, 1.54) is 6.42 Å². The predicted molar refractivity (Wildman–Crippen MR) is 125 cm³/mol. The minimum atomic E-state index is -0.489. The number of H-pyrrole nitrogens is 1. The van der Waals surface area contributed by atoms with Gasteiger partial charge in [0.1, 0.15) is 11.4 Å². The van der Waals surface area contributed by atoms with Crippen LogP contribution < -0.4 is 10.1 Å². The second-order valence-electron chi connectivity index (χ2n) is 10.6. The zero-order chi connectivity index (χ0) is 23.3. The fourth-order valence-electron chi connectivity index (χ4n) is 6.12. The van der Waals surface area contributed by atoms with E-state index in [1.54, 1.807) is 14.0 Å². The Morgan fingerprint density at radius 2 is 2.03 bits per heavy atom. The van der Waals surface area contributed by atoms with Crippen LogP contribution in [0.4, 0.5) is 5.69 Å². The fraction of sp³-hybridized carbons (Fsp3) is 0.600. The van der Waals surface area contributed by atoms with Gasteiger partial charge < -0.3 is 19.8 Å². The van der Waals surface area contributed by atoms with Crippen molar-refractivity contribution < 1.29 is 19.1 Å². The van der Waals surface area contributed by atoms with E-state index in [1.807, 2.05) is 25.1 Å². The summed E-state index contributed by atoms with van der Waals surface area (Å²) in [5.41, 5.74) is 1.97. The van der Waals surface area contributed by atoms with Crippen LogP contribution in [0.25, 0.3) is 10.9 Å². The molecule has 1 amide bonds. The van der Waals surface area contributed by atoms with Gasteiger partial charge >= 0.3 is 5.97 Å². The van der Waals surface area contributed by atoms with Crippen LogP contribution in [-0.2, 0) is 9.53 Å². The summed E-state index contributed by atoms with van der Waals surface area (Å²) in [7, 11) is 1.59. The third-order valence-electron chi connectivity index (χ3n) is 7.07. The fourth-order valence-corrected chi connectivity index (χ4v) is 6.12. The second-order valence-corrected chi connectivity index (χ2v) is 10.6. The number of fused-ring (bicyclic) bond motifs is 3. The Labute approximate surface area is 189 Å². The van der Waals surface area contributed by atoms with Gasteiger partial charge in [-0.1, -0.05) is 20.8 Å². The monoisotopic (exact) mass is 441 g/mol. The number of benzene rings is 1. The van der Waals surface area contributed by atoms with E-state index in [0.717, 1.165) is 30.3 Å². The Hall–Kier alpha value is -2.54. The van der Waals surface area contributed by atoms with Crippen molar-refractivity contribution in [3.8, 4) is 5.75 Å². The molecule has 32 heavy (non-hydrogen) atoms. The van der Waals surface area contributed by atoms with Crippen LogP contribution in [0.15, 0.2) is 18.2 Å². The number of anilines is 1. The molecule has 0 radical (unpaired) electrons. The van der Waals surface area contributed by atoms with Crippen LogP contribution in [0.3, 0.4) is 0 Å². The molecule has 4 rings (SSSR count). The maximum Gasteiger partial charge on any atom is 0.356 e. The summed E-state index contributed by atoms with van der Waals surface area (Å²) in [4.78, 5) is 31.5. The second kappa shape index (κ2) is 8.10. The van der Waals surface area contributed by atoms with Crippen molar-refractivity contribution >= 4 is 28.5 Å². The molecule has 0 unspecified atom stereocenters. The topological polar surface area (TPSA) is 83.7 Å². The SMILES string of the molecule is CCOC(=O)c1[nH]c2ccc(OC)cc2c1NC(=O)[C@H](C)N1C[C@]2(C)C[C@@H]1CC(C)(C)C2. The number of esters is 1. The third kappa shape index (κ3) is 4.10. The van der Waals surface area contributed by atoms with Crippen molar-refractivity contribution in [2.75, 3.05) is 25.6 Å². The molecular weight excluding hydrogens is 406 g/mol. The Morgan fingerprint density at radius 3 is 2.72 bits per heavy atom. The van der Waals surface area contributed by atoms with Crippen molar-refractivity contribution in [2.24, 2.45) is 10.8 Å². The lowest BCUT2D eigenvalue weighted by Crippen LogP contribution is -2.45. The van der Waals surface area contributed by atoms with Crippen LogP contribution in [-0.4, -0.2) is 54.1 Å². The molecule has 1 aliphatic carbocycles. The quantitative estimate of drug-likeness (QED) is 0.641. The van der Waals surface area contributed by atoms with E-state index in [-0.39, 0.29) is 35.1 Å². The van der Waals surface area contributed by atoms with Gasteiger partial charge in [0, 0.05) is 23.5 Å². The molecule has 2 fully saturated rings. The molecule has 2 aromatic rings. The number of hydrogen-bond acceptors (Lipinski definition) is 5. The number of likely N-dealkylation sites (tertiary alicyclic amines) is 1. The minimum Gasteiger partial charge on any atom is -0.497 e. The molecule has 2 bridgehead atoms. The molecule has 1 saturated carbocycles. The average Bonchev–Trinajstić information content (AvgIpc) is 3.20. The van der Waals surface area contributed by atoms with Gasteiger partial charge in [0.25, 0.3) is 0 Å². The highest BCUT2D eigenvalue weighted by Gasteiger charge is 2.51. The van der Waals surface area contributed by atoms with Crippen molar-refractivity contribution in [2.45, 2.75) is 66.0 Å². The largest absolute Gasteiger partial charge is 0.497 e. The Balaban J connectivity index is 1.63. The zero-order valence-corrected chi connectivity index (χ0v) is 20.0. The van der Waals surface area contributed by atoms with Gasteiger partial charge in [0.15, 0.2) is 0 Å². The van der Waals surface area contributed by atoms with Gasteiger partial charge in [0.2, 0.25) is 5.91 Å². The molecule has 2 aliphatic rings. The highest BCUT2D eigenvalue weighted by atomic mass is 16.5. The smallest absolute Gasteiger partial charge is 0.356 e.